The molecular weight excluding hydrogens is 316 g/mol. The number of benzene rings is 1. The largest absolute Gasteiger partial charge is 0.252 e. The van der Waals surface area contributed by atoms with E-state index in [-0.39, 0.29) is 4.90 Å². The van der Waals surface area contributed by atoms with Crippen molar-refractivity contribution < 1.29 is 17.2 Å². The number of alkyl halides is 2. The van der Waals surface area contributed by atoms with E-state index in [1.165, 1.54) is 6.07 Å². The van der Waals surface area contributed by atoms with E-state index in [1.807, 2.05) is 0 Å². The van der Waals surface area contributed by atoms with Crippen molar-refractivity contribution in [2.75, 3.05) is 13.6 Å². The molecule has 0 atom stereocenters. The zero-order valence-corrected chi connectivity index (χ0v) is 11.7. The minimum Gasteiger partial charge on any atom is -0.209 e. The highest BCUT2D eigenvalue weighted by molar-refractivity contribution is 9.10. The second-order valence-electron chi connectivity index (χ2n) is 3.59. The summed E-state index contributed by atoms with van der Waals surface area (Å²) < 4.78 is 49.7. The van der Waals surface area contributed by atoms with Gasteiger partial charge in [-0.2, -0.15) is 4.31 Å². The summed E-state index contributed by atoms with van der Waals surface area (Å²) in [5, 5.41) is 0. The van der Waals surface area contributed by atoms with Crippen LogP contribution < -0.4 is 0 Å². The number of hydrogen-bond donors (Lipinski definition) is 0. The molecule has 17 heavy (non-hydrogen) atoms. The van der Waals surface area contributed by atoms with E-state index in [4.69, 9.17) is 0 Å². The molecule has 1 rings (SSSR count). The van der Waals surface area contributed by atoms with Gasteiger partial charge in [-0.25, -0.2) is 17.2 Å². The summed E-state index contributed by atoms with van der Waals surface area (Å²) in [6.45, 7) is 0.809. The van der Waals surface area contributed by atoms with Crippen LogP contribution in [0.4, 0.5) is 8.78 Å². The summed E-state index contributed by atoms with van der Waals surface area (Å²) in [6, 6.07) is 4.72. The summed E-state index contributed by atoms with van der Waals surface area (Å²) in [5.74, 6) is 0. The van der Waals surface area contributed by atoms with Crippen molar-refractivity contribution in [2.45, 2.75) is 18.2 Å². The molecule has 0 aromatic heterocycles. The third-order valence-electron chi connectivity index (χ3n) is 2.23. The Morgan fingerprint density at radius 1 is 1.41 bits per heavy atom. The zero-order valence-electron chi connectivity index (χ0n) is 9.32. The highest BCUT2D eigenvalue weighted by Gasteiger charge is 2.25. The molecule has 0 aliphatic heterocycles. The molecule has 0 heterocycles. The summed E-state index contributed by atoms with van der Waals surface area (Å²) in [4.78, 5) is 0.0371. The Kier molecular flexibility index (Phi) is 4.62. The van der Waals surface area contributed by atoms with E-state index in [9.17, 15) is 17.2 Å². The van der Waals surface area contributed by atoms with E-state index >= 15 is 0 Å². The highest BCUT2D eigenvalue weighted by atomic mass is 79.9. The van der Waals surface area contributed by atoms with Gasteiger partial charge in [0.1, 0.15) is 0 Å². The van der Waals surface area contributed by atoms with Gasteiger partial charge in [0.05, 0.1) is 11.4 Å². The van der Waals surface area contributed by atoms with Gasteiger partial charge in [0.25, 0.3) is 6.43 Å². The number of aryl methyl sites for hydroxylation is 1. The van der Waals surface area contributed by atoms with Crippen LogP contribution >= 0.6 is 15.9 Å². The molecule has 0 saturated heterocycles. The predicted octanol–water partition coefficient (Wildman–Crippen LogP) is 2.64. The summed E-state index contributed by atoms with van der Waals surface area (Å²) >= 11 is 3.16. The lowest BCUT2D eigenvalue weighted by atomic mass is 10.2. The van der Waals surface area contributed by atoms with Crippen LogP contribution in [-0.4, -0.2) is 32.7 Å². The van der Waals surface area contributed by atoms with E-state index in [1.54, 1.807) is 19.1 Å². The van der Waals surface area contributed by atoms with Crippen molar-refractivity contribution in [3.63, 3.8) is 0 Å². The van der Waals surface area contributed by atoms with Crippen LogP contribution in [0.3, 0.4) is 0 Å². The first-order valence-corrected chi connectivity index (χ1v) is 6.99. The van der Waals surface area contributed by atoms with Gasteiger partial charge in [0.15, 0.2) is 0 Å². The fraction of sp³-hybridized carbons (Fsp3) is 0.400. The van der Waals surface area contributed by atoms with Crippen LogP contribution in [0.25, 0.3) is 0 Å². The third kappa shape index (κ3) is 3.46. The Hall–Kier alpha value is -0.530. The predicted molar refractivity (Wildman–Crippen MR) is 64.7 cm³/mol. The number of halogens is 3. The maximum absolute atomic E-state index is 12.2. The summed E-state index contributed by atoms with van der Waals surface area (Å²) in [7, 11) is -2.72. The van der Waals surface area contributed by atoms with E-state index < -0.39 is 23.0 Å². The lowest BCUT2D eigenvalue weighted by Crippen LogP contribution is -2.31. The Morgan fingerprint density at radius 2 is 2.00 bits per heavy atom. The maximum atomic E-state index is 12.2. The number of rotatable bonds is 4. The van der Waals surface area contributed by atoms with Crippen molar-refractivity contribution in [1.82, 2.24) is 4.31 Å². The molecule has 1 aromatic carbocycles. The normalized spacial score (nSPS) is 12.4. The monoisotopic (exact) mass is 327 g/mol. The molecule has 7 heteroatoms. The van der Waals surface area contributed by atoms with Crippen LogP contribution in [0.5, 0.6) is 0 Å². The van der Waals surface area contributed by atoms with Gasteiger partial charge in [0.2, 0.25) is 10.0 Å². The first-order valence-electron chi connectivity index (χ1n) is 4.76. The van der Waals surface area contributed by atoms with Crippen molar-refractivity contribution in [1.29, 1.82) is 0 Å². The number of nitrogens with zero attached hydrogens (tertiary/aromatic N) is 1. The first-order chi connectivity index (χ1) is 7.75. The van der Waals surface area contributed by atoms with Crippen molar-refractivity contribution in [3.8, 4) is 0 Å². The van der Waals surface area contributed by atoms with Crippen LogP contribution in [0, 0.1) is 6.92 Å². The summed E-state index contributed by atoms with van der Waals surface area (Å²) in [6.07, 6.45) is -2.69. The highest BCUT2D eigenvalue weighted by Crippen LogP contribution is 2.23. The third-order valence-corrected chi connectivity index (χ3v) is 4.69. The van der Waals surface area contributed by atoms with Crippen LogP contribution in [0.2, 0.25) is 0 Å². The van der Waals surface area contributed by atoms with Crippen LogP contribution in [0.15, 0.2) is 27.6 Å². The summed E-state index contributed by atoms with van der Waals surface area (Å²) in [5.41, 5.74) is 0.523. The molecule has 1 aromatic rings. The Balaban J connectivity index is 3.17. The molecule has 0 radical (unpaired) electrons. The molecule has 3 nitrogen and oxygen atoms in total. The average molecular weight is 328 g/mol. The van der Waals surface area contributed by atoms with E-state index in [0.717, 1.165) is 7.05 Å². The SMILES string of the molecule is Cc1ccc(Br)cc1S(=O)(=O)N(C)CC(F)F. The molecular formula is C10H12BrF2NO2S. The Labute approximate surface area is 108 Å². The van der Waals surface area contributed by atoms with Crippen molar-refractivity contribution >= 4 is 26.0 Å². The van der Waals surface area contributed by atoms with Gasteiger partial charge >= 0.3 is 0 Å². The van der Waals surface area contributed by atoms with Crippen LogP contribution in [0.1, 0.15) is 5.56 Å². The molecule has 0 saturated carbocycles. The first kappa shape index (κ1) is 14.5. The van der Waals surface area contributed by atoms with E-state index in [2.05, 4.69) is 15.9 Å². The fourth-order valence-electron chi connectivity index (χ4n) is 1.31. The molecule has 0 fully saturated rings. The Bertz CT molecular complexity index is 505. The molecule has 0 aliphatic carbocycles. The average Bonchev–Trinajstić information content (AvgIpc) is 2.20. The minimum absolute atomic E-state index is 0.0371. The smallest absolute Gasteiger partial charge is 0.209 e. The van der Waals surface area contributed by atoms with Gasteiger partial charge in [-0.3, -0.25) is 0 Å². The quantitative estimate of drug-likeness (QED) is 0.852. The van der Waals surface area contributed by atoms with Gasteiger partial charge in [0, 0.05) is 11.5 Å². The molecule has 0 spiro atoms. The molecule has 0 bridgehead atoms. The number of sulfonamides is 1. The van der Waals surface area contributed by atoms with Gasteiger partial charge in [-0.15, -0.1) is 0 Å². The Morgan fingerprint density at radius 3 is 2.53 bits per heavy atom. The topological polar surface area (TPSA) is 37.4 Å². The van der Waals surface area contributed by atoms with E-state index in [0.29, 0.717) is 14.3 Å². The van der Waals surface area contributed by atoms with Crippen molar-refractivity contribution in [2.24, 2.45) is 0 Å². The second-order valence-corrected chi connectivity index (χ2v) is 6.52. The van der Waals surface area contributed by atoms with Crippen LogP contribution in [-0.2, 0) is 10.0 Å². The fourth-order valence-corrected chi connectivity index (χ4v) is 3.22. The minimum atomic E-state index is -3.86. The second kappa shape index (κ2) is 5.41. The molecule has 0 aliphatic rings. The zero-order chi connectivity index (χ0) is 13.2. The maximum Gasteiger partial charge on any atom is 0.252 e. The van der Waals surface area contributed by atoms with Crippen molar-refractivity contribution in [3.05, 3.63) is 28.2 Å². The van der Waals surface area contributed by atoms with Gasteiger partial charge in [-0.05, 0) is 24.6 Å². The molecule has 0 N–H and O–H groups in total. The molecule has 96 valence electrons. The number of hydrogen-bond acceptors (Lipinski definition) is 2. The van der Waals surface area contributed by atoms with Gasteiger partial charge < -0.3 is 0 Å². The molecule has 0 amide bonds. The molecule has 0 unspecified atom stereocenters. The lowest BCUT2D eigenvalue weighted by molar-refractivity contribution is 0.126. The lowest BCUT2D eigenvalue weighted by Gasteiger charge is -2.18. The van der Waals surface area contributed by atoms with Gasteiger partial charge in [-0.1, -0.05) is 22.0 Å². The standard InChI is InChI=1S/C10H12BrF2NO2S/c1-7-3-4-8(11)5-9(7)17(15,16)14(2)6-10(12)13/h3-5,10H,6H2,1-2H3.